The predicted octanol–water partition coefficient (Wildman–Crippen LogP) is -0.277. The molecule has 0 aromatic rings. The highest BCUT2D eigenvalue weighted by atomic mass is 16.6. The average Bonchev–Trinajstić information content (AvgIpc) is 2.02. The van der Waals surface area contributed by atoms with Gasteiger partial charge in [-0.05, 0) is 12.5 Å². The molecule has 1 rings (SSSR count). The monoisotopic (exact) mass is 200 g/mol. The van der Waals surface area contributed by atoms with Gasteiger partial charge in [0.2, 0.25) is 5.91 Å². The molecule has 0 spiro atoms. The van der Waals surface area contributed by atoms with Gasteiger partial charge in [0, 0.05) is 19.0 Å². The highest BCUT2D eigenvalue weighted by molar-refractivity contribution is 5.19. The van der Waals surface area contributed by atoms with Crippen molar-refractivity contribution in [3.8, 4) is 0 Å². The van der Waals surface area contributed by atoms with E-state index in [4.69, 9.17) is 10.2 Å². The van der Waals surface area contributed by atoms with Gasteiger partial charge in [0.15, 0.2) is 0 Å². The summed E-state index contributed by atoms with van der Waals surface area (Å²) in [5.74, 6) is -1.96. The van der Waals surface area contributed by atoms with E-state index in [1.807, 2.05) is 0 Å². The van der Waals surface area contributed by atoms with Crippen LogP contribution in [0.4, 0.5) is 0 Å². The molecule has 1 unspecified atom stereocenters. The summed E-state index contributed by atoms with van der Waals surface area (Å²) in [4.78, 5) is 9.83. The van der Waals surface area contributed by atoms with E-state index in [9.17, 15) is 10.1 Å². The standard InChI is InChI=1S/C8H12N2O4/c1-8(11,12)9-6-2-4-7(5-3-6)10(13)14/h2,4-6,9,11-12H,3H2,1H3. The van der Waals surface area contributed by atoms with E-state index in [2.05, 4.69) is 5.32 Å². The van der Waals surface area contributed by atoms with Crippen LogP contribution in [0.1, 0.15) is 13.3 Å². The van der Waals surface area contributed by atoms with Gasteiger partial charge in [-0.2, -0.15) is 0 Å². The van der Waals surface area contributed by atoms with Crippen LogP contribution >= 0.6 is 0 Å². The van der Waals surface area contributed by atoms with E-state index >= 15 is 0 Å². The van der Waals surface area contributed by atoms with Crippen molar-refractivity contribution >= 4 is 0 Å². The lowest BCUT2D eigenvalue weighted by Gasteiger charge is -2.23. The summed E-state index contributed by atoms with van der Waals surface area (Å²) in [7, 11) is 0. The summed E-state index contributed by atoms with van der Waals surface area (Å²) in [6.07, 6.45) is 4.67. The molecular weight excluding hydrogens is 188 g/mol. The first kappa shape index (κ1) is 10.8. The molecule has 6 heteroatoms. The predicted molar refractivity (Wildman–Crippen MR) is 48.6 cm³/mol. The Kier molecular flexibility index (Phi) is 3.00. The molecule has 0 bridgehead atoms. The summed E-state index contributed by atoms with van der Waals surface area (Å²) < 4.78 is 0. The Labute approximate surface area is 80.7 Å². The molecule has 0 aromatic carbocycles. The minimum Gasteiger partial charge on any atom is -0.354 e. The number of aliphatic hydroxyl groups is 2. The first-order valence-electron chi connectivity index (χ1n) is 4.14. The molecule has 0 saturated heterocycles. The number of nitrogens with one attached hydrogen (secondary N) is 1. The van der Waals surface area contributed by atoms with Crippen LogP contribution in [0.3, 0.4) is 0 Å². The number of rotatable bonds is 3. The Balaban J connectivity index is 2.53. The molecule has 14 heavy (non-hydrogen) atoms. The topological polar surface area (TPSA) is 95.6 Å². The van der Waals surface area contributed by atoms with E-state index in [-0.39, 0.29) is 11.7 Å². The molecule has 0 radical (unpaired) electrons. The fourth-order valence-corrected chi connectivity index (χ4v) is 1.20. The van der Waals surface area contributed by atoms with Gasteiger partial charge in [0.05, 0.1) is 4.92 Å². The van der Waals surface area contributed by atoms with Crippen molar-refractivity contribution in [2.75, 3.05) is 0 Å². The van der Waals surface area contributed by atoms with Gasteiger partial charge in [0.1, 0.15) is 0 Å². The van der Waals surface area contributed by atoms with Gasteiger partial charge < -0.3 is 10.2 Å². The van der Waals surface area contributed by atoms with Gasteiger partial charge in [0.25, 0.3) is 5.70 Å². The molecule has 1 atom stereocenters. The summed E-state index contributed by atoms with van der Waals surface area (Å²) >= 11 is 0. The third-order valence-corrected chi connectivity index (χ3v) is 1.75. The van der Waals surface area contributed by atoms with E-state index in [0.717, 1.165) is 0 Å². The third kappa shape index (κ3) is 3.25. The zero-order valence-corrected chi connectivity index (χ0v) is 7.67. The van der Waals surface area contributed by atoms with Crippen LogP contribution in [0.25, 0.3) is 0 Å². The van der Waals surface area contributed by atoms with Gasteiger partial charge in [-0.25, -0.2) is 0 Å². The van der Waals surface area contributed by atoms with E-state index in [0.29, 0.717) is 6.42 Å². The largest absolute Gasteiger partial charge is 0.354 e. The lowest BCUT2D eigenvalue weighted by Crippen LogP contribution is -2.47. The molecular formula is C8H12N2O4. The second-order valence-electron chi connectivity index (χ2n) is 3.25. The van der Waals surface area contributed by atoms with E-state index < -0.39 is 10.8 Å². The summed E-state index contributed by atoms with van der Waals surface area (Å²) in [6, 6.07) is -0.293. The fourth-order valence-electron chi connectivity index (χ4n) is 1.20. The Hall–Kier alpha value is -1.24. The molecule has 1 aliphatic carbocycles. The second-order valence-corrected chi connectivity index (χ2v) is 3.25. The van der Waals surface area contributed by atoms with Crippen LogP contribution in [0.2, 0.25) is 0 Å². The molecule has 0 saturated carbocycles. The zero-order chi connectivity index (χ0) is 10.8. The van der Waals surface area contributed by atoms with Crippen LogP contribution in [0, 0.1) is 10.1 Å². The fraction of sp³-hybridized carbons (Fsp3) is 0.500. The highest BCUT2D eigenvalue weighted by Crippen LogP contribution is 2.12. The SMILES string of the molecule is CC(O)(O)NC1C=CC([N+](=O)[O-])=CC1. The molecule has 0 aliphatic heterocycles. The van der Waals surface area contributed by atoms with Crippen molar-refractivity contribution in [2.45, 2.75) is 25.3 Å². The summed E-state index contributed by atoms with van der Waals surface area (Å²) in [5.41, 5.74) is 0.0284. The molecule has 6 nitrogen and oxygen atoms in total. The molecule has 1 aliphatic rings. The lowest BCUT2D eigenvalue weighted by atomic mass is 10.1. The van der Waals surface area contributed by atoms with Gasteiger partial charge >= 0.3 is 0 Å². The van der Waals surface area contributed by atoms with E-state index in [1.165, 1.54) is 25.2 Å². The molecule has 0 fully saturated rings. The van der Waals surface area contributed by atoms with Crippen LogP contribution in [0.15, 0.2) is 23.9 Å². The second kappa shape index (κ2) is 3.87. The molecule has 0 aromatic heterocycles. The number of allylic oxidation sites excluding steroid dienone is 1. The van der Waals surface area contributed by atoms with Crippen molar-refractivity contribution in [3.05, 3.63) is 34.0 Å². The summed E-state index contributed by atoms with van der Waals surface area (Å²) in [5, 5.41) is 30.8. The van der Waals surface area contributed by atoms with Gasteiger partial charge in [-0.3, -0.25) is 15.4 Å². The lowest BCUT2D eigenvalue weighted by molar-refractivity contribution is -0.419. The third-order valence-electron chi connectivity index (χ3n) is 1.75. The Bertz CT molecular complexity index is 290. The quantitative estimate of drug-likeness (QED) is 0.331. The van der Waals surface area contributed by atoms with Crippen molar-refractivity contribution in [2.24, 2.45) is 0 Å². The van der Waals surface area contributed by atoms with Crippen LogP contribution in [0.5, 0.6) is 0 Å². The molecule has 3 N–H and O–H groups in total. The Morgan fingerprint density at radius 3 is 2.71 bits per heavy atom. The smallest absolute Gasteiger partial charge is 0.265 e. The maximum atomic E-state index is 10.3. The van der Waals surface area contributed by atoms with Crippen LogP contribution in [-0.2, 0) is 0 Å². The number of nitro groups is 1. The molecule has 0 heterocycles. The normalized spacial score (nSPS) is 21.9. The Morgan fingerprint density at radius 2 is 2.36 bits per heavy atom. The van der Waals surface area contributed by atoms with Gasteiger partial charge in [-0.15, -0.1) is 0 Å². The van der Waals surface area contributed by atoms with Crippen molar-refractivity contribution in [1.82, 2.24) is 5.32 Å². The molecule has 78 valence electrons. The first-order valence-corrected chi connectivity index (χ1v) is 4.14. The highest BCUT2D eigenvalue weighted by Gasteiger charge is 2.21. The minimum atomic E-state index is -1.96. The zero-order valence-electron chi connectivity index (χ0n) is 7.67. The number of nitrogens with zero attached hydrogens (tertiary/aromatic N) is 1. The number of hydrogen-bond acceptors (Lipinski definition) is 5. The van der Waals surface area contributed by atoms with E-state index in [1.54, 1.807) is 0 Å². The van der Waals surface area contributed by atoms with Crippen LogP contribution < -0.4 is 5.32 Å². The number of hydrogen-bond donors (Lipinski definition) is 3. The maximum Gasteiger partial charge on any atom is 0.265 e. The van der Waals surface area contributed by atoms with Crippen LogP contribution in [-0.4, -0.2) is 27.1 Å². The van der Waals surface area contributed by atoms with Crippen molar-refractivity contribution in [1.29, 1.82) is 0 Å². The van der Waals surface area contributed by atoms with Gasteiger partial charge in [-0.1, -0.05) is 6.08 Å². The maximum absolute atomic E-state index is 10.3. The molecule has 0 amide bonds. The van der Waals surface area contributed by atoms with Crippen molar-refractivity contribution in [3.63, 3.8) is 0 Å². The Morgan fingerprint density at radius 1 is 1.71 bits per heavy atom. The minimum absolute atomic E-state index is 0.0284. The summed E-state index contributed by atoms with van der Waals surface area (Å²) in [6.45, 7) is 1.19. The van der Waals surface area contributed by atoms with Crippen molar-refractivity contribution < 1.29 is 15.1 Å². The first-order chi connectivity index (χ1) is 6.38. The average molecular weight is 200 g/mol.